The summed E-state index contributed by atoms with van der Waals surface area (Å²) in [5.74, 6) is -0.993. The summed E-state index contributed by atoms with van der Waals surface area (Å²) < 4.78 is 0. The highest BCUT2D eigenvalue weighted by molar-refractivity contribution is 5.81. The van der Waals surface area contributed by atoms with Crippen molar-refractivity contribution in [3.63, 3.8) is 0 Å². The minimum atomic E-state index is -0.975. The van der Waals surface area contributed by atoms with Gasteiger partial charge in [-0.1, -0.05) is 0 Å². The molecule has 7 heteroatoms. The van der Waals surface area contributed by atoms with E-state index in [9.17, 15) is 14.4 Å². The van der Waals surface area contributed by atoms with Gasteiger partial charge in [0.25, 0.3) is 0 Å². The number of amides is 3. The van der Waals surface area contributed by atoms with Gasteiger partial charge in [-0.2, -0.15) is 0 Å². The number of carboxylic acid groups (broad SMARTS) is 1. The van der Waals surface area contributed by atoms with E-state index in [1.54, 1.807) is 20.8 Å². The Bertz CT molecular complexity index is 244. The molecule has 0 atom stereocenters. The Kier molecular flexibility index (Phi) is 7.79. The van der Waals surface area contributed by atoms with Gasteiger partial charge in [0.05, 0.1) is 0 Å². The quantitative estimate of drug-likeness (QED) is 0.536. The summed E-state index contributed by atoms with van der Waals surface area (Å²) >= 11 is 0. The number of nitrogens with one attached hydrogen (secondary N) is 1. The Labute approximate surface area is 94.2 Å². The van der Waals surface area contributed by atoms with Crippen LogP contribution in [-0.4, -0.2) is 28.6 Å². The number of hydrogen-bond acceptors (Lipinski definition) is 3. The lowest BCUT2D eigenvalue weighted by molar-refractivity contribution is -0.123. The number of carbonyl (C=O) groups excluding carboxylic acids is 2. The van der Waals surface area contributed by atoms with Crippen molar-refractivity contribution in [2.45, 2.75) is 39.2 Å². The minimum Gasteiger partial charge on any atom is -0.465 e. The van der Waals surface area contributed by atoms with E-state index < -0.39 is 17.9 Å². The zero-order valence-corrected chi connectivity index (χ0v) is 9.74. The van der Waals surface area contributed by atoms with Crippen molar-refractivity contribution in [2.75, 3.05) is 0 Å². The average molecular weight is 233 g/mol. The van der Waals surface area contributed by atoms with Gasteiger partial charge in [0, 0.05) is 18.4 Å². The van der Waals surface area contributed by atoms with Crippen LogP contribution < -0.4 is 16.8 Å². The van der Waals surface area contributed by atoms with Gasteiger partial charge in [-0.15, -0.1) is 0 Å². The first-order chi connectivity index (χ1) is 7.04. The van der Waals surface area contributed by atoms with Gasteiger partial charge < -0.3 is 21.9 Å². The number of primary amides is 2. The SMILES string of the molecule is CC(C)(C)NC(=O)O.NC(=O)CCC(N)=O. The molecule has 7 nitrogen and oxygen atoms in total. The van der Waals surface area contributed by atoms with Crippen molar-refractivity contribution < 1.29 is 19.5 Å². The Balaban J connectivity index is 0. The Morgan fingerprint density at radius 3 is 1.44 bits per heavy atom. The van der Waals surface area contributed by atoms with Gasteiger partial charge >= 0.3 is 6.09 Å². The average Bonchev–Trinajstić information content (AvgIpc) is 1.96. The van der Waals surface area contributed by atoms with Crippen molar-refractivity contribution >= 4 is 17.9 Å². The maximum atomic E-state index is 9.92. The van der Waals surface area contributed by atoms with Crippen LogP contribution in [0.25, 0.3) is 0 Å². The number of rotatable bonds is 3. The number of hydrogen-bond donors (Lipinski definition) is 4. The van der Waals surface area contributed by atoms with Crippen LogP contribution in [0.2, 0.25) is 0 Å². The van der Waals surface area contributed by atoms with Crippen molar-refractivity contribution in [1.82, 2.24) is 5.32 Å². The molecule has 0 unspecified atom stereocenters. The molecule has 0 aromatic rings. The van der Waals surface area contributed by atoms with E-state index >= 15 is 0 Å². The van der Waals surface area contributed by atoms with Gasteiger partial charge in [0.1, 0.15) is 0 Å². The largest absolute Gasteiger partial charge is 0.465 e. The molecule has 0 saturated carbocycles. The van der Waals surface area contributed by atoms with E-state index in [2.05, 4.69) is 5.32 Å². The lowest BCUT2D eigenvalue weighted by Crippen LogP contribution is -2.39. The molecule has 94 valence electrons. The van der Waals surface area contributed by atoms with Gasteiger partial charge in [-0.25, -0.2) is 4.79 Å². The molecule has 0 aliphatic rings. The third kappa shape index (κ3) is 22.8. The summed E-state index contributed by atoms with van der Waals surface area (Å²) in [4.78, 5) is 29.7. The van der Waals surface area contributed by atoms with Crippen molar-refractivity contribution in [1.29, 1.82) is 0 Å². The molecule has 0 aromatic carbocycles. The third-order valence-corrected chi connectivity index (χ3v) is 1.10. The molecule has 0 bridgehead atoms. The highest BCUT2D eigenvalue weighted by Crippen LogP contribution is 1.96. The summed E-state index contributed by atoms with van der Waals surface area (Å²) in [6, 6.07) is 0. The fraction of sp³-hybridized carbons (Fsp3) is 0.667. The molecule has 0 aliphatic heterocycles. The van der Waals surface area contributed by atoms with Crippen LogP contribution in [0, 0.1) is 0 Å². The normalized spacial score (nSPS) is 9.69. The Morgan fingerprint density at radius 2 is 1.38 bits per heavy atom. The van der Waals surface area contributed by atoms with Gasteiger partial charge in [-0.3, -0.25) is 9.59 Å². The van der Waals surface area contributed by atoms with Crippen LogP contribution >= 0.6 is 0 Å². The van der Waals surface area contributed by atoms with Gasteiger partial charge in [0.15, 0.2) is 0 Å². The summed E-state index contributed by atoms with van der Waals surface area (Å²) in [6.45, 7) is 5.38. The predicted molar refractivity (Wildman–Crippen MR) is 58.5 cm³/mol. The van der Waals surface area contributed by atoms with Crippen molar-refractivity contribution in [2.24, 2.45) is 11.5 Å². The van der Waals surface area contributed by atoms with Crippen LogP contribution in [-0.2, 0) is 9.59 Å². The van der Waals surface area contributed by atoms with Gasteiger partial charge in [-0.05, 0) is 20.8 Å². The van der Waals surface area contributed by atoms with E-state index in [-0.39, 0.29) is 18.4 Å². The van der Waals surface area contributed by atoms with E-state index in [1.807, 2.05) is 0 Å². The van der Waals surface area contributed by atoms with Crippen LogP contribution in [0.15, 0.2) is 0 Å². The molecule has 0 spiro atoms. The number of carbonyl (C=O) groups is 3. The van der Waals surface area contributed by atoms with Crippen LogP contribution in [0.1, 0.15) is 33.6 Å². The Morgan fingerprint density at radius 1 is 1.06 bits per heavy atom. The summed E-state index contributed by atoms with van der Waals surface area (Å²) in [5.41, 5.74) is 9.06. The topological polar surface area (TPSA) is 136 Å². The lowest BCUT2D eigenvalue weighted by atomic mass is 10.1. The molecule has 0 rings (SSSR count). The van der Waals surface area contributed by atoms with E-state index in [1.165, 1.54) is 0 Å². The fourth-order valence-electron chi connectivity index (χ4n) is 0.567. The standard InChI is InChI=1S/C5H11NO2.C4H8N2O2/c1-5(2,3)6-4(7)8;5-3(7)1-2-4(6)8/h6H,1-3H3,(H,7,8);1-2H2,(H2,5,7)(H2,6,8). The molecular weight excluding hydrogens is 214 g/mol. The van der Waals surface area contributed by atoms with Crippen molar-refractivity contribution in [3.8, 4) is 0 Å². The zero-order valence-electron chi connectivity index (χ0n) is 9.74. The molecule has 0 radical (unpaired) electrons. The molecule has 0 heterocycles. The van der Waals surface area contributed by atoms with Crippen LogP contribution in [0.3, 0.4) is 0 Å². The first-order valence-corrected chi connectivity index (χ1v) is 4.62. The lowest BCUT2D eigenvalue weighted by Gasteiger charge is -2.16. The molecular formula is C9H19N3O4. The van der Waals surface area contributed by atoms with E-state index in [4.69, 9.17) is 16.6 Å². The summed E-state index contributed by atoms with van der Waals surface area (Å²) in [6.07, 6.45) is -0.873. The number of nitrogens with two attached hydrogens (primary N) is 2. The van der Waals surface area contributed by atoms with E-state index in [0.717, 1.165) is 0 Å². The first kappa shape index (κ1) is 16.6. The second-order valence-corrected chi connectivity index (χ2v) is 4.11. The molecule has 0 saturated heterocycles. The molecule has 16 heavy (non-hydrogen) atoms. The molecule has 0 aliphatic carbocycles. The van der Waals surface area contributed by atoms with Crippen molar-refractivity contribution in [3.05, 3.63) is 0 Å². The van der Waals surface area contributed by atoms with Crippen LogP contribution in [0.5, 0.6) is 0 Å². The first-order valence-electron chi connectivity index (χ1n) is 4.62. The molecule has 0 fully saturated rings. The molecule has 6 N–H and O–H groups in total. The predicted octanol–water partition coefficient (Wildman–Crippen LogP) is -0.210. The molecule has 3 amide bonds. The fourth-order valence-corrected chi connectivity index (χ4v) is 0.567. The molecule has 0 aromatic heterocycles. The summed E-state index contributed by atoms with van der Waals surface area (Å²) in [7, 11) is 0. The maximum absolute atomic E-state index is 9.92. The highest BCUT2D eigenvalue weighted by atomic mass is 16.4. The van der Waals surface area contributed by atoms with Gasteiger partial charge in [0.2, 0.25) is 11.8 Å². The minimum absolute atomic E-state index is 0.0509. The maximum Gasteiger partial charge on any atom is 0.405 e. The highest BCUT2D eigenvalue weighted by Gasteiger charge is 2.10. The second kappa shape index (κ2) is 7.49. The van der Waals surface area contributed by atoms with E-state index in [0.29, 0.717) is 0 Å². The second-order valence-electron chi connectivity index (χ2n) is 4.11. The monoisotopic (exact) mass is 233 g/mol. The smallest absolute Gasteiger partial charge is 0.405 e. The zero-order chi connectivity index (χ0) is 13.4. The Hall–Kier alpha value is -1.79. The van der Waals surface area contributed by atoms with Crippen LogP contribution in [0.4, 0.5) is 4.79 Å². The third-order valence-electron chi connectivity index (χ3n) is 1.10. The summed E-state index contributed by atoms with van der Waals surface area (Å²) in [5, 5.41) is 10.4.